The van der Waals surface area contributed by atoms with Crippen LogP contribution in [0.4, 0.5) is 5.69 Å². The van der Waals surface area contributed by atoms with Gasteiger partial charge in [-0.1, -0.05) is 11.6 Å². The lowest BCUT2D eigenvalue weighted by atomic mass is 10.2. The van der Waals surface area contributed by atoms with Gasteiger partial charge < -0.3 is 10.5 Å². The molecular weight excluding hydrogens is 338 g/mol. The Hall–Kier alpha value is -1.04. The molecule has 18 heavy (non-hydrogen) atoms. The van der Waals surface area contributed by atoms with Crippen molar-refractivity contribution in [2.75, 3.05) is 5.73 Å². The number of thiophene rings is 1. The third kappa shape index (κ3) is 3.48. The average Bonchev–Trinajstić information content (AvgIpc) is 2.70. The molecule has 1 aromatic carbocycles. The summed E-state index contributed by atoms with van der Waals surface area (Å²) in [6, 6.07) is 6.56. The topological polar surface area (TPSA) is 52.3 Å². The molecule has 0 radical (unpaired) electrons. The van der Waals surface area contributed by atoms with Crippen LogP contribution in [0.2, 0.25) is 5.02 Å². The predicted octanol–water partition coefficient (Wildman–Crippen LogP) is 4.10. The van der Waals surface area contributed by atoms with Crippen LogP contribution in [0.1, 0.15) is 15.2 Å². The van der Waals surface area contributed by atoms with Gasteiger partial charge in [-0.05, 0) is 40.2 Å². The molecule has 0 aliphatic carbocycles. The molecule has 1 heterocycles. The van der Waals surface area contributed by atoms with E-state index in [0.717, 1.165) is 9.35 Å². The molecule has 0 spiro atoms. The van der Waals surface area contributed by atoms with Crippen LogP contribution < -0.4 is 5.73 Å². The fraction of sp³-hybridized carbons (Fsp3) is 0.0833. The first-order chi connectivity index (χ1) is 8.54. The Morgan fingerprint density at radius 1 is 1.39 bits per heavy atom. The minimum atomic E-state index is -0.436. The van der Waals surface area contributed by atoms with Crippen LogP contribution in [0.3, 0.4) is 0 Å². The smallest absolute Gasteiger partial charge is 0.338 e. The molecule has 3 nitrogen and oxygen atoms in total. The van der Waals surface area contributed by atoms with Crippen molar-refractivity contribution in [1.29, 1.82) is 0 Å². The zero-order valence-electron chi connectivity index (χ0n) is 9.15. The maximum Gasteiger partial charge on any atom is 0.338 e. The van der Waals surface area contributed by atoms with Crippen molar-refractivity contribution in [1.82, 2.24) is 0 Å². The second kappa shape index (κ2) is 5.73. The highest BCUT2D eigenvalue weighted by Crippen LogP contribution is 2.21. The monoisotopic (exact) mass is 345 g/mol. The summed E-state index contributed by atoms with van der Waals surface area (Å²) < 4.78 is 6.15. The van der Waals surface area contributed by atoms with Crippen molar-refractivity contribution in [2.24, 2.45) is 0 Å². The second-order valence-corrected chi connectivity index (χ2v) is 5.93. The van der Waals surface area contributed by atoms with Crippen molar-refractivity contribution in [3.8, 4) is 0 Å². The zero-order valence-corrected chi connectivity index (χ0v) is 12.3. The first kappa shape index (κ1) is 13.4. The van der Waals surface area contributed by atoms with Crippen molar-refractivity contribution in [2.45, 2.75) is 6.61 Å². The molecule has 0 fully saturated rings. The predicted molar refractivity (Wildman–Crippen MR) is 77.0 cm³/mol. The molecule has 0 aliphatic heterocycles. The van der Waals surface area contributed by atoms with E-state index in [0.29, 0.717) is 16.3 Å². The molecule has 0 saturated heterocycles. The highest BCUT2D eigenvalue weighted by molar-refractivity contribution is 9.10. The highest BCUT2D eigenvalue weighted by Gasteiger charge is 2.10. The summed E-state index contributed by atoms with van der Waals surface area (Å²) in [4.78, 5) is 12.7. The van der Waals surface area contributed by atoms with Crippen molar-refractivity contribution in [3.05, 3.63) is 49.6 Å². The summed E-state index contributed by atoms with van der Waals surface area (Å²) in [6.07, 6.45) is 0. The van der Waals surface area contributed by atoms with Gasteiger partial charge in [-0.15, -0.1) is 11.3 Å². The Labute approximate surface area is 122 Å². The van der Waals surface area contributed by atoms with Gasteiger partial charge in [0.1, 0.15) is 6.61 Å². The third-order valence-electron chi connectivity index (χ3n) is 2.12. The largest absolute Gasteiger partial charge is 0.456 e. The number of anilines is 1. The Balaban J connectivity index is 2.03. The number of hydrogen-bond donors (Lipinski definition) is 1. The van der Waals surface area contributed by atoms with E-state index in [1.54, 1.807) is 12.1 Å². The minimum absolute atomic E-state index is 0.238. The van der Waals surface area contributed by atoms with Crippen LogP contribution in [0, 0.1) is 0 Å². The molecule has 0 bridgehead atoms. The molecule has 0 atom stereocenters. The molecule has 6 heteroatoms. The third-order valence-corrected chi connectivity index (χ3v) is 4.01. The number of esters is 1. The number of carbonyl (C=O) groups excluding carboxylic acids is 1. The maximum absolute atomic E-state index is 11.8. The Bertz CT molecular complexity index is 565. The Kier molecular flexibility index (Phi) is 4.27. The number of halogens is 2. The summed E-state index contributed by atoms with van der Waals surface area (Å²) in [5.41, 5.74) is 6.41. The Morgan fingerprint density at radius 2 is 2.17 bits per heavy atom. The van der Waals surface area contributed by atoms with Crippen LogP contribution in [0.15, 0.2) is 34.1 Å². The van der Waals surface area contributed by atoms with E-state index in [4.69, 9.17) is 22.1 Å². The average molecular weight is 347 g/mol. The fourth-order valence-electron chi connectivity index (χ4n) is 1.38. The number of nitrogens with two attached hydrogens (primary N) is 1. The molecule has 0 aliphatic rings. The summed E-state index contributed by atoms with van der Waals surface area (Å²) in [7, 11) is 0. The SMILES string of the molecule is Nc1cc(Cl)cc(C(=O)OCc2cc(Br)cs2)c1. The number of carbonyl (C=O) groups is 1. The number of benzene rings is 1. The lowest BCUT2D eigenvalue weighted by Gasteiger charge is -2.04. The minimum Gasteiger partial charge on any atom is -0.456 e. The normalized spacial score (nSPS) is 10.3. The summed E-state index contributed by atoms with van der Waals surface area (Å²) in [5.74, 6) is -0.436. The van der Waals surface area contributed by atoms with Gasteiger partial charge in [0.2, 0.25) is 0 Å². The van der Waals surface area contributed by atoms with E-state index in [1.165, 1.54) is 17.4 Å². The second-order valence-electron chi connectivity index (χ2n) is 3.58. The van der Waals surface area contributed by atoms with Crippen LogP contribution in [-0.4, -0.2) is 5.97 Å². The Morgan fingerprint density at radius 3 is 2.78 bits per heavy atom. The molecule has 1 aromatic heterocycles. The van der Waals surface area contributed by atoms with E-state index >= 15 is 0 Å². The van der Waals surface area contributed by atoms with E-state index in [2.05, 4.69) is 15.9 Å². The van der Waals surface area contributed by atoms with Gasteiger partial charge in [0.15, 0.2) is 0 Å². The molecule has 0 unspecified atom stereocenters. The van der Waals surface area contributed by atoms with Crippen LogP contribution in [-0.2, 0) is 11.3 Å². The van der Waals surface area contributed by atoms with Gasteiger partial charge in [0.25, 0.3) is 0 Å². The summed E-state index contributed by atoms with van der Waals surface area (Å²) in [6.45, 7) is 0.238. The van der Waals surface area contributed by atoms with Crippen molar-refractivity contribution < 1.29 is 9.53 Å². The number of ether oxygens (including phenoxy) is 1. The van der Waals surface area contributed by atoms with Gasteiger partial charge in [-0.25, -0.2) is 4.79 Å². The van der Waals surface area contributed by atoms with Gasteiger partial charge in [0, 0.05) is 25.4 Å². The van der Waals surface area contributed by atoms with Gasteiger partial charge in [-0.2, -0.15) is 0 Å². The van der Waals surface area contributed by atoms with Crippen molar-refractivity contribution in [3.63, 3.8) is 0 Å². The number of hydrogen-bond acceptors (Lipinski definition) is 4. The first-order valence-corrected chi connectivity index (χ1v) is 7.06. The zero-order chi connectivity index (χ0) is 13.1. The molecular formula is C12H9BrClNO2S. The van der Waals surface area contributed by atoms with E-state index in [9.17, 15) is 4.79 Å². The van der Waals surface area contributed by atoms with Gasteiger partial charge in [-0.3, -0.25) is 0 Å². The van der Waals surface area contributed by atoms with Gasteiger partial charge in [0.05, 0.1) is 5.56 Å². The molecule has 2 aromatic rings. The molecule has 94 valence electrons. The van der Waals surface area contributed by atoms with E-state index < -0.39 is 5.97 Å². The van der Waals surface area contributed by atoms with E-state index in [-0.39, 0.29) is 6.61 Å². The highest BCUT2D eigenvalue weighted by atomic mass is 79.9. The molecule has 2 N–H and O–H groups in total. The lowest BCUT2D eigenvalue weighted by molar-refractivity contribution is 0.0477. The molecule has 0 amide bonds. The number of rotatable bonds is 3. The standard InChI is InChI=1S/C12H9BrClNO2S/c13-8-3-11(18-6-8)5-17-12(16)7-1-9(14)4-10(15)2-7/h1-4,6H,5,15H2. The quantitative estimate of drug-likeness (QED) is 0.672. The van der Waals surface area contributed by atoms with Crippen LogP contribution >= 0.6 is 38.9 Å². The lowest BCUT2D eigenvalue weighted by Crippen LogP contribution is -2.05. The van der Waals surface area contributed by atoms with Crippen LogP contribution in [0.25, 0.3) is 0 Å². The first-order valence-electron chi connectivity index (χ1n) is 5.01. The molecule has 0 saturated carbocycles. The summed E-state index contributed by atoms with van der Waals surface area (Å²) in [5, 5.41) is 2.35. The van der Waals surface area contributed by atoms with Crippen molar-refractivity contribution >= 4 is 50.5 Å². The number of nitrogen functional groups attached to an aromatic ring is 1. The van der Waals surface area contributed by atoms with E-state index in [1.807, 2.05) is 11.4 Å². The molecule has 2 rings (SSSR count). The summed E-state index contributed by atoms with van der Waals surface area (Å²) >= 11 is 10.7. The maximum atomic E-state index is 11.8. The van der Waals surface area contributed by atoms with Crippen LogP contribution in [0.5, 0.6) is 0 Å². The fourth-order valence-corrected chi connectivity index (χ4v) is 2.99. The van der Waals surface area contributed by atoms with Gasteiger partial charge >= 0.3 is 5.97 Å².